The van der Waals surface area contributed by atoms with E-state index in [4.69, 9.17) is 5.11 Å². The Balaban J connectivity index is 1.25. The van der Waals surface area contributed by atoms with Gasteiger partial charge in [0, 0.05) is 37.2 Å². The summed E-state index contributed by atoms with van der Waals surface area (Å²) in [5.41, 5.74) is 1.89. The molecule has 0 bridgehead atoms. The highest BCUT2D eigenvalue weighted by molar-refractivity contribution is 6.00. The van der Waals surface area contributed by atoms with Crippen LogP contribution in [0.1, 0.15) is 56.4 Å². The molecule has 2 atom stereocenters. The summed E-state index contributed by atoms with van der Waals surface area (Å²) in [6.45, 7) is 0.888. The van der Waals surface area contributed by atoms with Gasteiger partial charge < -0.3 is 15.3 Å². The van der Waals surface area contributed by atoms with Gasteiger partial charge in [-0.2, -0.15) is 0 Å². The van der Waals surface area contributed by atoms with Crippen LogP contribution in [-0.2, 0) is 19.2 Å². The zero-order valence-electron chi connectivity index (χ0n) is 17.5. The van der Waals surface area contributed by atoms with E-state index in [1.54, 1.807) is 4.90 Å². The number of nitrogens with zero attached hydrogens (tertiary/aromatic N) is 1. The van der Waals surface area contributed by atoms with E-state index in [2.05, 4.69) is 10.6 Å². The number of likely N-dealkylation sites (tertiary alicyclic amines) is 1. The number of amides is 3. The lowest BCUT2D eigenvalue weighted by Crippen LogP contribution is -2.39. The van der Waals surface area contributed by atoms with Crippen molar-refractivity contribution in [3.8, 4) is 0 Å². The van der Waals surface area contributed by atoms with E-state index in [0.29, 0.717) is 32.4 Å². The number of piperidine rings is 1. The van der Waals surface area contributed by atoms with E-state index in [0.717, 1.165) is 36.9 Å². The van der Waals surface area contributed by atoms with Crippen molar-refractivity contribution in [3.05, 3.63) is 29.8 Å². The molecule has 4 rings (SSSR count). The standard InChI is InChI=1S/C23H29N3O5/c27-20-10-9-19(21(28)25-20)14-1-5-17(6-2-14)24-18-7-3-15(4-8-18)22(29)26-12-11-16(13-26)23(30)31/h1-2,5-6,15-16,18-19,24H,3-4,7-13H2,(H,30,31)(H,25,27,28)/t15?,16-,18?,19?/m1/s1. The molecule has 1 aromatic rings. The van der Waals surface area contributed by atoms with Crippen LogP contribution < -0.4 is 10.6 Å². The van der Waals surface area contributed by atoms with Crippen LogP contribution in [0.15, 0.2) is 24.3 Å². The predicted octanol–water partition coefficient (Wildman–Crippen LogP) is 2.11. The minimum Gasteiger partial charge on any atom is -0.481 e. The van der Waals surface area contributed by atoms with Crippen LogP contribution in [0.5, 0.6) is 0 Å². The van der Waals surface area contributed by atoms with Crippen LogP contribution in [0, 0.1) is 11.8 Å². The molecule has 2 heterocycles. The molecule has 166 valence electrons. The third-order valence-electron chi connectivity index (χ3n) is 6.85. The van der Waals surface area contributed by atoms with Crippen molar-refractivity contribution in [2.24, 2.45) is 11.8 Å². The first-order valence-electron chi connectivity index (χ1n) is 11.1. The van der Waals surface area contributed by atoms with Gasteiger partial charge in [-0.25, -0.2) is 0 Å². The third-order valence-corrected chi connectivity index (χ3v) is 6.85. The predicted molar refractivity (Wildman–Crippen MR) is 113 cm³/mol. The molecular formula is C23H29N3O5. The van der Waals surface area contributed by atoms with Gasteiger partial charge in [0.15, 0.2) is 0 Å². The largest absolute Gasteiger partial charge is 0.481 e. The maximum atomic E-state index is 12.7. The van der Waals surface area contributed by atoms with Crippen LogP contribution in [-0.4, -0.2) is 52.8 Å². The van der Waals surface area contributed by atoms with E-state index < -0.39 is 11.9 Å². The molecule has 0 spiro atoms. The molecule has 3 N–H and O–H groups in total. The Bertz CT molecular complexity index is 860. The van der Waals surface area contributed by atoms with Gasteiger partial charge in [-0.15, -0.1) is 0 Å². The first-order chi connectivity index (χ1) is 14.9. The summed E-state index contributed by atoms with van der Waals surface area (Å²) in [5, 5.41) is 15.1. The average molecular weight is 428 g/mol. The Morgan fingerprint density at radius 1 is 0.968 bits per heavy atom. The molecule has 0 aromatic heterocycles. The molecule has 3 amide bonds. The molecule has 3 aliphatic rings. The van der Waals surface area contributed by atoms with E-state index in [1.807, 2.05) is 24.3 Å². The highest BCUT2D eigenvalue weighted by Gasteiger charge is 2.35. The van der Waals surface area contributed by atoms with Gasteiger partial charge in [0.1, 0.15) is 0 Å². The van der Waals surface area contributed by atoms with Gasteiger partial charge in [0.25, 0.3) is 0 Å². The number of carbonyl (C=O) groups excluding carboxylic acids is 3. The zero-order valence-corrected chi connectivity index (χ0v) is 17.5. The molecule has 0 radical (unpaired) electrons. The highest BCUT2D eigenvalue weighted by Crippen LogP contribution is 2.31. The maximum absolute atomic E-state index is 12.7. The van der Waals surface area contributed by atoms with Gasteiger partial charge in [-0.3, -0.25) is 24.5 Å². The number of carboxylic acid groups (broad SMARTS) is 1. The second kappa shape index (κ2) is 9.08. The van der Waals surface area contributed by atoms with Crippen LogP contribution >= 0.6 is 0 Å². The Morgan fingerprint density at radius 3 is 2.29 bits per heavy atom. The summed E-state index contributed by atoms with van der Waals surface area (Å²) >= 11 is 0. The second-order valence-corrected chi connectivity index (χ2v) is 8.93. The molecule has 1 saturated carbocycles. The molecule has 31 heavy (non-hydrogen) atoms. The molecule has 1 unspecified atom stereocenters. The minimum absolute atomic E-state index is 0.0134. The van der Waals surface area contributed by atoms with Gasteiger partial charge in [-0.1, -0.05) is 12.1 Å². The number of carboxylic acids is 1. The summed E-state index contributed by atoms with van der Waals surface area (Å²) in [4.78, 5) is 48.9. The smallest absolute Gasteiger partial charge is 0.308 e. The van der Waals surface area contributed by atoms with Crippen LogP contribution in [0.2, 0.25) is 0 Å². The molecule has 8 heteroatoms. The quantitative estimate of drug-likeness (QED) is 0.620. The van der Waals surface area contributed by atoms with Crippen LogP contribution in [0.25, 0.3) is 0 Å². The van der Waals surface area contributed by atoms with E-state index in [-0.39, 0.29) is 35.6 Å². The Morgan fingerprint density at radius 2 is 1.68 bits per heavy atom. The van der Waals surface area contributed by atoms with E-state index in [1.165, 1.54) is 0 Å². The van der Waals surface area contributed by atoms with Crippen LogP contribution in [0.3, 0.4) is 0 Å². The molecule has 2 saturated heterocycles. The SMILES string of the molecule is O=C1CCC(c2ccc(NC3CCC(C(=O)N4CC[C@@H](C(=O)O)C4)CC3)cc2)C(=O)N1. The molecule has 3 fully saturated rings. The fourth-order valence-electron chi connectivity index (χ4n) is 4.96. The molecule has 8 nitrogen and oxygen atoms in total. The number of hydrogen-bond donors (Lipinski definition) is 3. The lowest BCUT2D eigenvalue weighted by molar-refractivity contribution is -0.142. The zero-order chi connectivity index (χ0) is 22.0. The number of anilines is 1. The molecule has 1 aliphatic carbocycles. The van der Waals surface area contributed by atoms with Gasteiger partial charge in [0.2, 0.25) is 17.7 Å². The summed E-state index contributed by atoms with van der Waals surface area (Å²) < 4.78 is 0. The normalized spacial score (nSPS) is 28.8. The Labute approximate surface area is 181 Å². The number of imide groups is 1. The summed E-state index contributed by atoms with van der Waals surface area (Å²) in [6, 6.07) is 8.09. The minimum atomic E-state index is -0.813. The van der Waals surface area contributed by atoms with Crippen molar-refractivity contribution >= 4 is 29.4 Å². The maximum Gasteiger partial charge on any atom is 0.308 e. The number of carbonyl (C=O) groups is 4. The second-order valence-electron chi connectivity index (χ2n) is 8.93. The molecule has 2 aliphatic heterocycles. The van der Waals surface area contributed by atoms with E-state index >= 15 is 0 Å². The molecular weight excluding hydrogens is 398 g/mol. The first-order valence-corrected chi connectivity index (χ1v) is 11.1. The van der Waals surface area contributed by atoms with Crippen molar-refractivity contribution in [1.29, 1.82) is 0 Å². The Hall–Kier alpha value is -2.90. The van der Waals surface area contributed by atoms with Crippen molar-refractivity contribution in [2.75, 3.05) is 18.4 Å². The third kappa shape index (κ3) is 4.89. The van der Waals surface area contributed by atoms with Gasteiger partial charge >= 0.3 is 5.97 Å². The number of aliphatic carboxylic acids is 1. The summed E-state index contributed by atoms with van der Waals surface area (Å²) in [6.07, 6.45) is 4.85. The van der Waals surface area contributed by atoms with Crippen molar-refractivity contribution in [2.45, 2.75) is 56.9 Å². The fourth-order valence-corrected chi connectivity index (χ4v) is 4.96. The van der Waals surface area contributed by atoms with Crippen LogP contribution in [0.4, 0.5) is 5.69 Å². The summed E-state index contributed by atoms with van der Waals surface area (Å²) in [5.74, 6) is -1.86. The first kappa shape index (κ1) is 21.3. The number of nitrogens with one attached hydrogen (secondary N) is 2. The fraction of sp³-hybridized carbons (Fsp3) is 0.565. The lowest BCUT2D eigenvalue weighted by Gasteiger charge is -2.31. The molecule has 1 aromatic carbocycles. The topological polar surface area (TPSA) is 116 Å². The lowest BCUT2D eigenvalue weighted by atomic mass is 9.85. The average Bonchev–Trinajstić information content (AvgIpc) is 3.25. The number of rotatable bonds is 5. The van der Waals surface area contributed by atoms with Crippen molar-refractivity contribution < 1.29 is 24.3 Å². The van der Waals surface area contributed by atoms with Gasteiger partial charge in [0.05, 0.1) is 11.8 Å². The number of hydrogen-bond acceptors (Lipinski definition) is 5. The van der Waals surface area contributed by atoms with Crippen molar-refractivity contribution in [1.82, 2.24) is 10.2 Å². The number of benzene rings is 1. The highest BCUT2D eigenvalue weighted by atomic mass is 16.4. The van der Waals surface area contributed by atoms with Crippen molar-refractivity contribution in [3.63, 3.8) is 0 Å². The van der Waals surface area contributed by atoms with Gasteiger partial charge in [-0.05, 0) is 56.2 Å². The van der Waals surface area contributed by atoms with E-state index in [9.17, 15) is 19.2 Å². The summed E-state index contributed by atoms with van der Waals surface area (Å²) in [7, 11) is 0. The Kier molecular flexibility index (Phi) is 6.25. The monoisotopic (exact) mass is 427 g/mol.